The van der Waals surface area contributed by atoms with Gasteiger partial charge in [0.05, 0.1) is 31.8 Å². The van der Waals surface area contributed by atoms with Crippen molar-refractivity contribution in [3.05, 3.63) is 0 Å². The van der Waals surface area contributed by atoms with Crippen molar-refractivity contribution in [3.8, 4) is 0 Å². The lowest BCUT2D eigenvalue weighted by Gasteiger charge is -2.39. The molecular formula is C21H37NO4. The van der Waals surface area contributed by atoms with E-state index in [0.717, 1.165) is 32.2 Å². The Balaban J connectivity index is 1.51. The molecule has 2 saturated carbocycles. The number of carbonyl (C=O) groups is 1. The predicted octanol–water partition coefficient (Wildman–Crippen LogP) is 3.00. The third kappa shape index (κ3) is 5.20. The Morgan fingerprint density at radius 2 is 1.77 bits per heavy atom. The third-order valence-corrected chi connectivity index (χ3v) is 6.89. The first-order chi connectivity index (χ1) is 12.7. The van der Waals surface area contributed by atoms with Gasteiger partial charge in [-0.05, 0) is 69.9 Å². The van der Waals surface area contributed by atoms with E-state index in [1.165, 1.54) is 52.3 Å². The lowest BCUT2D eigenvalue weighted by Crippen LogP contribution is -2.43. The normalized spacial score (nSPS) is 32.5. The highest BCUT2D eigenvalue weighted by molar-refractivity contribution is 5.73. The van der Waals surface area contributed by atoms with E-state index in [4.69, 9.17) is 9.47 Å². The first-order valence-electron chi connectivity index (χ1n) is 10.8. The number of likely N-dealkylation sites (tertiary alicyclic amines) is 1. The molecule has 5 nitrogen and oxygen atoms in total. The van der Waals surface area contributed by atoms with Crippen LogP contribution in [-0.4, -0.2) is 61.5 Å². The summed E-state index contributed by atoms with van der Waals surface area (Å²) in [4.78, 5) is 14.8. The molecule has 3 aliphatic rings. The number of hydrogen-bond acceptors (Lipinski definition) is 5. The van der Waals surface area contributed by atoms with E-state index in [1.54, 1.807) is 0 Å². The van der Waals surface area contributed by atoms with Gasteiger partial charge in [0.15, 0.2) is 0 Å². The molecule has 1 N–H and O–H groups in total. The summed E-state index contributed by atoms with van der Waals surface area (Å²) in [5.41, 5.74) is 0. The quantitative estimate of drug-likeness (QED) is 0.701. The Morgan fingerprint density at radius 1 is 1.04 bits per heavy atom. The van der Waals surface area contributed by atoms with E-state index in [1.807, 2.05) is 0 Å². The molecule has 0 spiro atoms. The first kappa shape index (κ1) is 20.1. The van der Waals surface area contributed by atoms with Crippen molar-refractivity contribution in [1.82, 2.24) is 4.90 Å². The van der Waals surface area contributed by atoms with Crippen LogP contribution in [0, 0.1) is 17.8 Å². The summed E-state index contributed by atoms with van der Waals surface area (Å²) >= 11 is 0. The summed E-state index contributed by atoms with van der Waals surface area (Å²) in [6.07, 6.45) is 10.8. The van der Waals surface area contributed by atoms with E-state index in [9.17, 15) is 9.90 Å². The van der Waals surface area contributed by atoms with Crippen LogP contribution in [0.15, 0.2) is 0 Å². The zero-order chi connectivity index (χ0) is 18.4. The molecule has 4 atom stereocenters. The van der Waals surface area contributed by atoms with Crippen LogP contribution < -0.4 is 0 Å². The zero-order valence-electron chi connectivity index (χ0n) is 16.4. The average molecular weight is 368 g/mol. The van der Waals surface area contributed by atoms with Gasteiger partial charge in [-0.3, -0.25) is 4.79 Å². The molecule has 5 heteroatoms. The van der Waals surface area contributed by atoms with Crippen LogP contribution >= 0.6 is 0 Å². The van der Waals surface area contributed by atoms with Crippen molar-refractivity contribution >= 4 is 5.97 Å². The van der Waals surface area contributed by atoms with Gasteiger partial charge in [-0.25, -0.2) is 0 Å². The number of hydrogen-bond donors (Lipinski definition) is 1. The van der Waals surface area contributed by atoms with E-state index in [2.05, 4.69) is 4.90 Å². The van der Waals surface area contributed by atoms with Crippen molar-refractivity contribution in [3.63, 3.8) is 0 Å². The fourth-order valence-electron chi connectivity index (χ4n) is 5.28. The van der Waals surface area contributed by atoms with Gasteiger partial charge in [0.25, 0.3) is 0 Å². The van der Waals surface area contributed by atoms with Gasteiger partial charge in [0, 0.05) is 6.54 Å². The van der Waals surface area contributed by atoms with Crippen molar-refractivity contribution in [2.45, 2.75) is 76.4 Å². The maximum Gasteiger partial charge on any atom is 0.311 e. The highest BCUT2D eigenvalue weighted by atomic mass is 16.5. The van der Waals surface area contributed by atoms with Gasteiger partial charge in [-0.15, -0.1) is 0 Å². The SMILES string of the molecule is COC(=O)C1CC(C(O)C2CCCCC2)CCC1OCCN1CCCC1. The van der Waals surface area contributed by atoms with Crippen LogP contribution in [-0.2, 0) is 14.3 Å². The van der Waals surface area contributed by atoms with Crippen molar-refractivity contribution in [2.24, 2.45) is 17.8 Å². The average Bonchev–Trinajstić information content (AvgIpc) is 3.21. The van der Waals surface area contributed by atoms with Crippen molar-refractivity contribution in [2.75, 3.05) is 33.4 Å². The Bertz CT molecular complexity index is 432. The highest BCUT2D eigenvalue weighted by Gasteiger charge is 2.41. The second-order valence-corrected chi connectivity index (χ2v) is 8.55. The number of ether oxygens (including phenoxy) is 2. The van der Waals surface area contributed by atoms with E-state index in [-0.39, 0.29) is 30.0 Å². The lowest BCUT2D eigenvalue weighted by atomic mass is 9.71. The molecule has 1 heterocycles. The standard InChI is InChI=1S/C21H37NO4/c1-25-21(24)18-15-17(20(23)16-7-3-2-4-8-16)9-10-19(18)26-14-13-22-11-5-6-12-22/h16-20,23H,2-15H2,1H3. The fourth-order valence-corrected chi connectivity index (χ4v) is 5.28. The van der Waals surface area contributed by atoms with Gasteiger partial charge in [0.2, 0.25) is 0 Å². The predicted molar refractivity (Wildman–Crippen MR) is 101 cm³/mol. The number of aliphatic hydroxyl groups is 1. The number of nitrogens with zero attached hydrogens (tertiary/aromatic N) is 1. The first-order valence-corrected chi connectivity index (χ1v) is 10.8. The van der Waals surface area contributed by atoms with Gasteiger partial charge < -0.3 is 19.5 Å². The number of rotatable bonds is 7. The van der Waals surface area contributed by atoms with Crippen LogP contribution in [0.5, 0.6) is 0 Å². The molecule has 0 aromatic heterocycles. The van der Waals surface area contributed by atoms with Gasteiger partial charge >= 0.3 is 5.97 Å². The summed E-state index contributed by atoms with van der Waals surface area (Å²) in [6, 6.07) is 0. The molecule has 1 aliphatic heterocycles. The Kier molecular flexibility index (Phi) is 7.77. The monoisotopic (exact) mass is 367 g/mol. The molecule has 2 aliphatic carbocycles. The van der Waals surface area contributed by atoms with Gasteiger partial charge in [0.1, 0.15) is 0 Å². The molecule has 3 fully saturated rings. The minimum Gasteiger partial charge on any atom is -0.469 e. The number of methoxy groups -OCH3 is 1. The van der Waals surface area contributed by atoms with E-state index < -0.39 is 0 Å². The summed E-state index contributed by atoms with van der Waals surface area (Å²) < 4.78 is 11.2. The molecule has 1 saturated heterocycles. The summed E-state index contributed by atoms with van der Waals surface area (Å²) in [5, 5.41) is 10.9. The molecule has 150 valence electrons. The maximum absolute atomic E-state index is 12.3. The lowest BCUT2D eigenvalue weighted by molar-refractivity contribution is -0.156. The van der Waals surface area contributed by atoms with Crippen LogP contribution in [0.4, 0.5) is 0 Å². The van der Waals surface area contributed by atoms with E-state index in [0.29, 0.717) is 18.9 Å². The molecule has 0 aromatic carbocycles. The second-order valence-electron chi connectivity index (χ2n) is 8.55. The Morgan fingerprint density at radius 3 is 2.46 bits per heavy atom. The van der Waals surface area contributed by atoms with Crippen LogP contribution in [0.1, 0.15) is 64.2 Å². The smallest absolute Gasteiger partial charge is 0.311 e. The highest BCUT2D eigenvalue weighted by Crippen LogP contribution is 2.39. The Labute approximate surface area is 158 Å². The summed E-state index contributed by atoms with van der Waals surface area (Å²) in [7, 11) is 1.46. The van der Waals surface area contributed by atoms with Crippen molar-refractivity contribution < 1.29 is 19.4 Å². The molecule has 26 heavy (non-hydrogen) atoms. The number of aliphatic hydroxyl groups excluding tert-OH is 1. The Hall–Kier alpha value is -0.650. The number of carbonyl (C=O) groups excluding carboxylic acids is 1. The molecular weight excluding hydrogens is 330 g/mol. The molecule has 0 aromatic rings. The maximum atomic E-state index is 12.3. The molecule has 0 bridgehead atoms. The zero-order valence-corrected chi connectivity index (χ0v) is 16.4. The second kappa shape index (κ2) is 10.0. The van der Waals surface area contributed by atoms with Crippen LogP contribution in [0.25, 0.3) is 0 Å². The molecule has 4 unspecified atom stereocenters. The van der Waals surface area contributed by atoms with Gasteiger partial charge in [-0.2, -0.15) is 0 Å². The minimum atomic E-state index is -0.270. The third-order valence-electron chi connectivity index (χ3n) is 6.89. The molecule has 0 radical (unpaired) electrons. The van der Waals surface area contributed by atoms with E-state index >= 15 is 0 Å². The van der Waals surface area contributed by atoms with Crippen molar-refractivity contribution in [1.29, 1.82) is 0 Å². The molecule has 3 rings (SSSR count). The number of esters is 1. The topological polar surface area (TPSA) is 59.0 Å². The molecule has 0 amide bonds. The van der Waals surface area contributed by atoms with Crippen LogP contribution in [0.2, 0.25) is 0 Å². The summed E-state index contributed by atoms with van der Waals surface area (Å²) in [6.45, 7) is 3.99. The van der Waals surface area contributed by atoms with Crippen LogP contribution in [0.3, 0.4) is 0 Å². The fraction of sp³-hybridized carbons (Fsp3) is 0.952. The van der Waals surface area contributed by atoms with Gasteiger partial charge in [-0.1, -0.05) is 19.3 Å². The largest absolute Gasteiger partial charge is 0.469 e. The summed E-state index contributed by atoms with van der Waals surface area (Å²) in [5.74, 6) is 0.229. The minimum absolute atomic E-state index is 0.0557.